The number of likely N-dealkylation sites (tertiary alicyclic amines) is 1. The highest BCUT2D eigenvalue weighted by Gasteiger charge is 2.45. The Morgan fingerprint density at radius 2 is 1.83 bits per heavy atom. The van der Waals surface area contributed by atoms with Crippen LogP contribution in [0, 0.1) is 5.41 Å². The SMILES string of the molecule is O=C(OCc1ccccc1)N1CC(CO)(CO)C1. The highest BCUT2D eigenvalue weighted by molar-refractivity contribution is 5.69. The third-order valence-corrected chi connectivity index (χ3v) is 3.19. The van der Waals surface area contributed by atoms with Crippen LogP contribution in [0.1, 0.15) is 5.56 Å². The summed E-state index contributed by atoms with van der Waals surface area (Å²) in [6, 6.07) is 9.44. The number of aliphatic hydroxyl groups is 2. The minimum absolute atomic E-state index is 0.119. The zero-order valence-electron chi connectivity index (χ0n) is 10.1. The Balaban J connectivity index is 1.78. The maximum Gasteiger partial charge on any atom is 0.410 e. The minimum atomic E-state index is -0.550. The number of hydrogen-bond acceptors (Lipinski definition) is 4. The van der Waals surface area contributed by atoms with Crippen molar-refractivity contribution in [3.63, 3.8) is 0 Å². The molecule has 0 bridgehead atoms. The van der Waals surface area contributed by atoms with Gasteiger partial charge in [0, 0.05) is 13.1 Å². The molecule has 1 saturated heterocycles. The van der Waals surface area contributed by atoms with E-state index >= 15 is 0 Å². The lowest BCUT2D eigenvalue weighted by Gasteiger charge is -2.47. The third kappa shape index (κ3) is 2.63. The van der Waals surface area contributed by atoms with Gasteiger partial charge in [0.15, 0.2) is 0 Å². The molecule has 1 aromatic carbocycles. The first-order valence-electron chi connectivity index (χ1n) is 5.86. The van der Waals surface area contributed by atoms with Crippen LogP contribution < -0.4 is 0 Å². The van der Waals surface area contributed by atoms with Crippen LogP contribution in [0.15, 0.2) is 30.3 Å². The van der Waals surface area contributed by atoms with Gasteiger partial charge in [-0.15, -0.1) is 0 Å². The molecule has 5 heteroatoms. The standard InChI is InChI=1S/C13H17NO4/c15-9-13(10-16)7-14(8-13)12(17)18-6-11-4-2-1-3-5-11/h1-5,15-16H,6-10H2. The van der Waals surface area contributed by atoms with Crippen LogP contribution in [0.25, 0.3) is 0 Å². The molecular weight excluding hydrogens is 234 g/mol. The summed E-state index contributed by atoms with van der Waals surface area (Å²) < 4.78 is 5.14. The third-order valence-electron chi connectivity index (χ3n) is 3.19. The second-order valence-corrected chi connectivity index (χ2v) is 4.71. The van der Waals surface area contributed by atoms with E-state index in [0.29, 0.717) is 13.1 Å². The van der Waals surface area contributed by atoms with Crippen molar-refractivity contribution in [1.82, 2.24) is 4.90 Å². The summed E-state index contributed by atoms with van der Waals surface area (Å²) in [7, 11) is 0. The fraction of sp³-hybridized carbons (Fsp3) is 0.462. The molecule has 2 rings (SSSR count). The average molecular weight is 251 g/mol. The second-order valence-electron chi connectivity index (χ2n) is 4.71. The molecule has 1 fully saturated rings. The highest BCUT2D eigenvalue weighted by atomic mass is 16.6. The first-order valence-corrected chi connectivity index (χ1v) is 5.86. The van der Waals surface area contributed by atoms with Crippen molar-refractivity contribution >= 4 is 6.09 Å². The van der Waals surface area contributed by atoms with Crippen LogP contribution in [-0.2, 0) is 11.3 Å². The lowest BCUT2D eigenvalue weighted by molar-refractivity contribution is -0.0679. The number of rotatable bonds is 4. The quantitative estimate of drug-likeness (QED) is 0.822. The zero-order valence-corrected chi connectivity index (χ0v) is 10.1. The molecule has 5 nitrogen and oxygen atoms in total. The van der Waals surface area contributed by atoms with E-state index in [1.807, 2.05) is 30.3 Å². The van der Waals surface area contributed by atoms with Crippen molar-refractivity contribution in [1.29, 1.82) is 0 Å². The minimum Gasteiger partial charge on any atom is -0.445 e. The normalized spacial score (nSPS) is 17.1. The molecule has 0 spiro atoms. The summed E-state index contributed by atoms with van der Waals surface area (Å²) in [6.07, 6.45) is -0.406. The molecule has 1 aliphatic rings. The lowest BCUT2D eigenvalue weighted by atomic mass is 9.82. The summed E-state index contributed by atoms with van der Waals surface area (Å²) in [6.45, 7) is 0.681. The Hall–Kier alpha value is -1.59. The van der Waals surface area contributed by atoms with Crippen molar-refractivity contribution in [3.8, 4) is 0 Å². The van der Waals surface area contributed by atoms with Crippen molar-refractivity contribution in [2.24, 2.45) is 5.41 Å². The van der Waals surface area contributed by atoms with E-state index in [-0.39, 0.29) is 19.8 Å². The molecule has 1 amide bonds. The zero-order chi connectivity index (χ0) is 13.0. The van der Waals surface area contributed by atoms with E-state index in [1.54, 1.807) is 0 Å². The van der Waals surface area contributed by atoms with Crippen LogP contribution in [0.4, 0.5) is 4.79 Å². The number of benzene rings is 1. The highest BCUT2D eigenvalue weighted by Crippen LogP contribution is 2.29. The summed E-state index contributed by atoms with van der Waals surface area (Å²) in [5.74, 6) is 0. The molecule has 18 heavy (non-hydrogen) atoms. The topological polar surface area (TPSA) is 70.0 Å². The van der Waals surface area contributed by atoms with Gasteiger partial charge in [-0.2, -0.15) is 0 Å². The van der Waals surface area contributed by atoms with Gasteiger partial charge in [0.1, 0.15) is 6.61 Å². The van der Waals surface area contributed by atoms with Crippen LogP contribution in [0.2, 0.25) is 0 Å². The molecule has 2 N–H and O–H groups in total. The number of carbonyl (C=O) groups excluding carboxylic acids is 1. The number of aliphatic hydroxyl groups excluding tert-OH is 2. The van der Waals surface area contributed by atoms with Crippen LogP contribution in [0.5, 0.6) is 0 Å². The number of hydrogen-bond donors (Lipinski definition) is 2. The van der Waals surface area contributed by atoms with Crippen molar-refractivity contribution in [2.45, 2.75) is 6.61 Å². The Bertz CT molecular complexity index is 395. The molecule has 0 aliphatic carbocycles. The monoisotopic (exact) mass is 251 g/mol. The maximum absolute atomic E-state index is 11.7. The van der Waals surface area contributed by atoms with E-state index in [2.05, 4.69) is 0 Å². The van der Waals surface area contributed by atoms with E-state index < -0.39 is 11.5 Å². The summed E-state index contributed by atoms with van der Waals surface area (Å²) in [5, 5.41) is 18.2. The predicted molar refractivity (Wildman–Crippen MR) is 64.8 cm³/mol. The Morgan fingerprint density at radius 1 is 1.22 bits per heavy atom. The molecule has 1 aromatic rings. The van der Waals surface area contributed by atoms with Gasteiger partial charge >= 0.3 is 6.09 Å². The van der Waals surface area contributed by atoms with Crippen LogP contribution >= 0.6 is 0 Å². The largest absolute Gasteiger partial charge is 0.445 e. The summed E-state index contributed by atoms with van der Waals surface area (Å²) in [4.78, 5) is 13.1. The molecule has 0 atom stereocenters. The number of ether oxygens (including phenoxy) is 1. The number of carbonyl (C=O) groups is 1. The molecular formula is C13H17NO4. The molecule has 98 valence electrons. The Morgan fingerprint density at radius 3 is 2.39 bits per heavy atom. The maximum atomic E-state index is 11.7. The number of amides is 1. The first kappa shape index (κ1) is 12.9. The van der Waals surface area contributed by atoms with Crippen LogP contribution in [0.3, 0.4) is 0 Å². The van der Waals surface area contributed by atoms with Gasteiger partial charge in [-0.25, -0.2) is 4.79 Å². The van der Waals surface area contributed by atoms with Crippen molar-refractivity contribution < 1.29 is 19.7 Å². The van der Waals surface area contributed by atoms with Crippen molar-refractivity contribution in [3.05, 3.63) is 35.9 Å². The van der Waals surface area contributed by atoms with E-state index in [9.17, 15) is 4.79 Å². The van der Waals surface area contributed by atoms with E-state index in [0.717, 1.165) is 5.56 Å². The van der Waals surface area contributed by atoms with Gasteiger partial charge < -0.3 is 19.8 Å². The molecule has 0 unspecified atom stereocenters. The lowest BCUT2D eigenvalue weighted by Crippen LogP contribution is -2.62. The number of nitrogens with zero attached hydrogens (tertiary/aromatic N) is 1. The molecule has 1 heterocycles. The summed E-state index contributed by atoms with van der Waals surface area (Å²) in [5.41, 5.74) is 0.383. The predicted octanol–water partition coefficient (Wildman–Crippen LogP) is 0.610. The van der Waals surface area contributed by atoms with Gasteiger partial charge in [0.05, 0.1) is 18.6 Å². The van der Waals surface area contributed by atoms with Crippen molar-refractivity contribution in [2.75, 3.05) is 26.3 Å². The van der Waals surface area contributed by atoms with E-state index in [1.165, 1.54) is 4.90 Å². The fourth-order valence-electron chi connectivity index (χ4n) is 1.95. The summed E-state index contributed by atoms with van der Waals surface area (Å²) >= 11 is 0. The Labute approximate surface area is 106 Å². The smallest absolute Gasteiger partial charge is 0.410 e. The van der Waals surface area contributed by atoms with Gasteiger partial charge in [-0.3, -0.25) is 0 Å². The average Bonchev–Trinajstić information content (AvgIpc) is 2.37. The van der Waals surface area contributed by atoms with Crippen LogP contribution in [-0.4, -0.2) is 47.5 Å². The fourth-order valence-corrected chi connectivity index (χ4v) is 1.95. The van der Waals surface area contributed by atoms with E-state index in [4.69, 9.17) is 14.9 Å². The molecule has 0 aromatic heterocycles. The second kappa shape index (κ2) is 5.37. The Kier molecular flexibility index (Phi) is 3.84. The first-order chi connectivity index (χ1) is 8.69. The van der Waals surface area contributed by atoms with Gasteiger partial charge in [0.2, 0.25) is 0 Å². The molecule has 0 radical (unpaired) electrons. The van der Waals surface area contributed by atoms with Gasteiger partial charge in [-0.1, -0.05) is 30.3 Å². The van der Waals surface area contributed by atoms with Gasteiger partial charge in [0.25, 0.3) is 0 Å². The van der Waals surface area contributed by atoms with Gasteiger partial charge in [-0.05, 0) is 5.56 Å². The molecule has 1 aliphatic heterocycles. The molecule has 0 saturated carbocycles.